The number of unbranched alkanes of at least 4 members (excludes halogenated alkanes) is 1. The molecule has 0 heterocycles. The summed E-state index contributed by atoms with van der Waals surface area (Å²) in [4.78, 5) is 29.2. The summed E-state index contributed by atoms with van der Waals surface area (Å²) < 4.78 is 4.67. The van der Waals surface area contributed by atoms with Crippen LogP contribution in [0.3, 0.4) is 0 Å². The third-order valence-corrected chi connectivity index (χ3v) is 1.10. The summed E-state index contributed by atoms with van der Waals surface area (Å²) >= 11 is 0. The number of carbonyl (C=O) groups is 2. The third kappa shape index (κ3) is 10.9. The minimum Gasteiger partial charge on any atom is -0.466 e. The Morgan fingerprint density at radius 2 is 1.62 bits per heavy atom. The molecule has 0 aromatic rings. The zero-order chi connectivity index (χ0) is 10.1. The summed E-state index contributed by atoms with van der Waals surface area (Å²) in [5, 5.41) is 0. The van der Waals surface area contributed by atoms with Crippen LogP contribution in [0.1, 0.15) is 26.7 Å². The molecule has 5 heteroatoms. The maximum atomic E-state index is 10.3. The van der Waals surface area contributed by atoms with Crippen LogP contribution in [0.25, 0.3) is 0 Å². The lowest BCUT2D eigenvalue weighted by atomic mass is 10.3. The fourth-order valence-corrected chi connectivity index (χ4v) is 0.604. The van der Waals surface area contributed by atoms with Gasteiger partial charge in [0.05, 0.1) is 13.2 Å². The second-order valence-electron chi connectivity index (χ2n) is 2.44. The Morgan fingerprint density at radius 3 is 2.15 bits per heavy atom. The van der Waals surface area contributed by atoms with Gasteiger partial charge in [-0.05, 0) is 12.8 Å². The summed E-state index contributed by atoms with van der Waals surface area (Å²) in [6, 6.07) is 0. The highest BCUT2D eigenvalue weighted by molar-refractivity contribution is 5.65. The Balaban J connectivity index is 3.00. The van der Waals surface area contributed by atoms with Crippen molar-refractivity contribution in [1.29, 1.82) is 0 Å². The Kier molecular flexibility index (Phi) is 6.91. The molecule has 0 aliphatic heterocycles. The molecule has 0 aliphatic rings. The molecule has 0 fully saturated rings. The van der Waals surface area contributed by atoms with Crippen molar-refractivity contribution >= 4 is 11.9 Å². The summed E-state index contributed by atoms with van der Waals surface area (Å²) in [5.41, 5.74) is 0. The predicted octanol–water partition coefficient (Wildman–Crippen LogP) is 0.824. The van der Waals surface area contributed by atoms with Gasteiger partial charge in [-0.15, -0.1) is 0 Å². The average Bonchev–Trinajstić information content (AvgIpc) is 2.01. The molecule has 0 saturated heterocycles. The highest BCUT2D eigenvalue weighted by Gasteiger charge is 1.95. The van der Waals surface area contributed by atoms with Crippen molar-refractivity contribution in [3.63, 3.8) is 0 Å². The standard InChI is InChI=1S/C8H14O5/c1-7(9)11-5-3-4-6-12-13-8(2)10/h3-6H2,1-2H3. The highest BCUT2D eigenvalue weighted by Crippen LogP contribution is 1.92. The predicted molar refractivity (Wildman–Crippen MR) is 43.6 cm³/mol. The number of ether oxygens (including phenoxy) is 1. The lowest BCUT2D eigenvalue weighted by Crippen LogP contribution is -2.04. The first kappa shape index (κ1) is 11.9. The minimum atomic E-state index is -0.472. The number of esters is 1. The van der Waals surface area contributed by atoms with Gasteiger partial charge >= 0.3 is 11.9 Å². The average molecular weight is 190 g/mol. The van der Waals surface area contributed by atoms with E-state index < -0.39 is 5.97 Å². The molecule has 0 radical (unpaired) electrons. The maximum Gasteiger partial charge on any atom is 0.339 e. The fourth-order valence-electron chi connectivity index (χ4n) is 0.604. The van der Waals surface area contributed by atoms with Crippen molar-refractivity contribution in [2.45, 2.75) is 26.7 Å². The molecule has 13 heavy (non-hydrogen) atoms. The molecule has 0 bridgehead atoms. The van der Waals surface area contributed by atoms with Crippen molar-refractivity contribution in [2.75, 3.05) is 13.2 Å². The lowest BCUT2D eigenvalue weighted by molar-refractivity contribution is -0.270. The van der Waals surface area contributed by atoms with Crippen LogP contribution in [0, 0.1) is 0 Å². The molecule has 76 valence electrons. The maximum absolute atomic E-state index is 10.3. The van der Waals surface area contributed by atoms with E-state index in [-0.39, 0.29) is 5.97 Å². The molecule has 0 saturated carbocycles. The molecule has 0 aliphatic carbocycles. The van der Waals surface area contributed by atoms with Crippen LogP contribution in [0.5, 0.6) is 0 Å². The Bertz CT molecular complexity index is 148. The van der Waals surface area contributed by atoms with Gasteiger partial charge in [-0.3, -0.25) is 9.68 Å². The van der Waals surface area contributed by atoms with Gasteiger partial charge in [-0.1, -0.05) is 0 Å². The van der Waals surface area contributed by atoms with E-state index >= 15 is 0 Å². The van der Waals surface area contributed by atoms with E-state index in [2.05, 4.69) is 14.5 Å². The van der Waals surface area contributed by atoms with Gasteiger partial charge in [0.1, 0.15) is 0 Å². The lowest BCUT2D eigenvalue weighted by Gasteiger charge is -2.01. The van der Waals surface area contributed by atoms with Gasteiger partial charge in [0.25, 0.3) is 0 Å². The van der Waals surface area contributed by atoms with Gasteiger partial charge in [0, 0.05) is 13.8 Å². The van der Waals surface area contributed by atoms with E-state index in [0.29, 0.717) is 26.1 Å². The Labute approximate surface area is 76.9 Å². The van der Waals surface area contributed by atoms with Crippen LogP contribution >= 0.6 is 0 Å². The molecular weight excluding hydrogens is 176 g/mol. The van der Waals surface area contributed by atoms with Gasteiger partial charge in [0.2, 0.25) is 0 Å². The van der Waals surface area contributed by atoms with Crippen molar-refractivity contribution < 1.29 is 24.1 Å². The van der Waals surface area contributed by atoms with Crippen molar-refractivity contribution in [3.05, 3.63) is 0 Å². The van der Waals surface area contributed by atoms with Gasteiger partial charge in [0.15, 0.2) is 0 Å². The largest absolute Gasteiger partial charge is 0.466 e. The van der Waals surface area contributed by atoms with E-state index in [9.17, 15) is 9.59 Å². The second-order valence-corrected chi connectivity index (χ2v) is 2.44. The van der Waals surface area contributed by atoms with E-state index in [4.69, 9.17) is 0 Å². The first-order chi connectivity index (χ1) is 6.13. The van der Waals surface area contributed by atoms with Crippen molar-refractivity contribution in [2.24, 2.45) is 0 Å². The number of hydrogen-bond acceptors (Lipinski definition) is 5. The zero-order valence-electron chi connectivity index (χ0n) is 7.87. The van der Waals surface area contributed by atoms with Crippen LogP contribution < -0.4 is 0 Å². The van der Waals surface area contributed by atoms with Gasteiger partial charge < -0.3 is 4.74 Å². The smallest absolute Gasteiger partial charge is 0.339 e. The van der Waals surface area contributed by atoms with Crippen molar-refractivity contribution in [1.82, 2.24) is 0 Å². The first-order valence-electron chi connectivity index (χ1n) is 4.06. The molecular formula is C8H14O5. The molecule has 0 unspecified atom stereocenters. The van der Waals surface area contributed by atoms with E-state index in [1.807, 2.05) is 0 Å². The summed E-state index contributed by atoms with van der Waals surface area (Å²) in [7, 11) is 0. The summed E-state index contributed by atoms with van der Waals surface area (Å²) in [6.07, 6.45) is 1.38. The quantitative estimate of drug-likeness (QED) is 0.268. The highest BCUT2D eigenvalue weighted by atomic mass is 17.2. The van der Waals surface area contributed by atoms with E-state index in [1.165, 1.54) is 13.8 Å². The SMILES string of the molecule is CC(=O)OCCCCOOC(C)=O. The van der Waals surface area contributed by atoms with Crippen LogP contribution in [-0.4, -0.2) is 25.2 Å². The fraction of sp³-hybridized carbons (Fsp3) is 0.750. The van der Waals surface area contributed by atoms with Gasteiger partial charge in [-0.2, -0.15) is 4.89 Å². The molecule has 0 aromatic heterocycles. The molecule has 0 atom stereocenters. The number of rotatable bonds is 6. The zero-order valence-corrected chi connectivity index (χ0v) is 7.87. The Morgan fingerprint density at radius 1 is 1.00 bits per heavy atom. The van der Waals surface area contributed by atoms with Gasteiger partial charge in [-0.25, -0.2) is 4.79 Å². The minimum absolute atomic E-state index is 0.291. The number of hydrogen-bond donors (Lipinski definition) is 0. The molecule has 0 rings (SSSR count). The molecule has 0 aromatic carbocycles. The topological polar surface area (TPSA) is 61.8 Å². The van der Waals surface area contributed by atoms with Crippen LogP contribution in [0.4, 0.5) is 0 Å². The molecule has 0 spiro atoms. The monoisotopic (exact) mass is 190 g/mol. The first-order valence-corrected chi connectivity index (χ1v) is 4.06. The third-order valence-electron chi connectivity index (χ3n) is 1.10. The van der Waals surface area contributed by atoms with Crippen LogP contribution in [0.15, 0.2) is 0 Å². The normalized spacial score (nSPS) is 9.38. The second kappa shape index (κ2) is 7.54. The summed E-state index contributed by atoms with van der Waals surface area (Å²) in [6.45, 7) is 3.31. The molecule has 0 amide bonds. The number of carbonyl (C=O) groups excluding carboxylic acids is 2. The van der Waals surface area contributed by atoms with E-state index in [0.717, 1.165) is 0 Å². The van der Waals surface area contributed by atoms with Crippen LogP contribution in [-0.2, 0) is 24.1 Å². The Hall–Kier alpha value is -1.10. The van der Waals surface area contributed by atoms with E-state index in [1.54, 1.807) is 0 Å². The molecule has 0 N–H and O–H groups in total. The van der Waals surface area contributed by atoms with Crippen molar-refractivity contribution in [3.8, 4) is 0 Å². The summed E-state index contributed by atoms with van der Waals surface area (Å²) in [5.74, 6) is -0.763. The molecule has 5 nitrogen and oxygen atoms in total. The van der Waals surface area contributed by atoms with Crippen LogP contribution in [0.2, 0.25) is 0 Å².